The Balaban J connectivity index is 2.65. The monoisotopic (exact) mass is 378 g/mol. The van der Waals surface area contributed by atoms with Crippen LogP contribution in [0.25, 0.3) is 0 Å². The first kappa shape index (κ1) is 19.1. The van der Waals surface area contributed by atoms with Gasteiger partial charge < -0.3 is 14.6 Å². The molecule has 25 heavy (non-hydrogen) atoms. The molecule has 0 spiro atoms. The molecule has 0 saturated heterocycles. The number of carbonyl (C=O) groups is 1. The molecule has 0 aliphatic carbocycles. The lowest BCUT2D eigenvalue weighted by atomic mass is 9.84. The summed E-state index contributed by atoms with van der Waals surface area (Å²) in [4.78, 5) is 20.1. The molecule has 2 rings (SSSR count). The van der Waals surface area contributed by atoms with Crippen LogP contribution in [-0.4, -0.2) is 39.5 Å². The van der Waals surface area contributed by atoms with Gasteiger partial charge >= 0.3 is 5.97 Å². The van der Waals surface area contributed by atoms with E-state index in [1.165, 1.54) is 13.2 Å². The van der Waals surface area contributed by atoms with Gasteiger partial charge in [-0.3, -0.25) is 4.98 Å². The zero-order valence-corrected chi connectivity index (χ0v) is 15.9. The third-order valence-corrected chi connectivity index (χ3v) is 4.23. The van der Waals surface area contributed by atoms with Gasteiger partial charge in [0.1, 0.15) is 11.5 Å². The Hall–Kier alpha value is -2.19. The minimum atomic E-state index is -1.13. The first-order valence-electron chi connectivity index (χ1n) is 7.28. The van der Waals surface area contributed by atoms with Crippen molar-refractivity contribution in [2.75, 3.05) is 14.2 Å². The molecule has 6 nitrogen and oxygen atoms in total. The number of hydrogen-bond acceptors (Lipinski definition) is 6. The van der Waals surface area contributed by atoms with Crippen LogP contribution in [-0.2, 0) is 5.41 Å². The van der Waals surface area contributed by atoms with E-state index in [0.29, 0.717) is 32.8 Å². The first-order valence-corrected chi connectivity index (χ1v) is 8.14. The van der Waals surface area contributed by atoms with Crippen LogP contribution in [0.5, 0.6) is 11.5 Å². The molecule has 132 valence electrons. The topological polar surface area (TPSA) is 81.5 Å². The number of hydrogen-bond donors (Lipinski definition) is 2. The Labute approximate surface area is 156 Å². The molecule has 0 bridgehead atoms. The number of nitrogens with zero attached hydrogens (tertiary/aromatic N) is 2. The number of thiocarbonyl (C=S) groups is 1. The van der Waals surface area contributed by atoms with Gasteiger partial charge in [0.05, 0.1) is 35.5 Å². The maximum Gasteiger partial charge on any atom is 0.354 e. The minimum Gasteiger partial charge on any atom is -0.497 e. The molecule has 8 heteroatoms. The summed E-state index contributed by atoms with van der Waals surface area (Å²) in [5, 5.41) is 9.28. The zero-order chi connectivity index (χ0) is 18.8. The van der Waals surface area contributed by atoms with Crippen molar-refractivity contribution in [3.63, 3.8) is 0 Å². The predicted octanol–water partition coefficient (Wildman–Crippen LogP) is 3.12. The van der Waals surface area contributed by atoms with Crippen molar-refractivity contribution < 1.29 is 19.4 Å². The van der Waals surface area contributed by atoms with Gasteiger partial charge in [0.15, 0.2) is 5.69 Å². The summed E-state index contributed by atoms with van der Waals surface area (Å²) in [5.74, 6) is -0.152. The fraction of sp³-hybridized carbons (Fsp3) is 0.294. The molecule has 2 heterocycles. The molecule has 0 radical (unpaired) electrons. The van der Waals surface area contributed by atoms with E-state index >= 15 is 0 Å². The number of ether oxygens (including phenoxy) is 2. The summed E-state index contributed by atoms with van der Waals surface area (Å²) < 4.78 is 10.8. The van der Waals surface area contributed by atoms with Crippen molar-refractivity contribution in [2.45, 2.75) is 19.3 Å². The van der Waals surface area contributed by atoms with E-state index < -0.39 is 11.4 Å². The van der Waals surface area contributed by atoms with Gasteiger partial charge in [0.25, 0.3) is 0 Å². The minimum absolute atomic E-state index is 0.102. The molecular formula is C17H18N2O4S2. The van der Waals surface area contributed by atoms with Crippen LogP contribution in [0.15, 0.2) is 24.3 Å². The number of methoxy groups -OCH3 is 2. The number of carboxylic acid groups (broad SMARTS) is 1. The fourth-order valence-corrected chi connectivity index (χ4v) is 2.46. The Morgan fingerprint density at radius 1 is 1.04 bits per heavy atom. The van der Waals surface area contributed by atoms with Crippen LogP contribution in [0.3, 0.4) is 0 Å². The highest BCUT2D eigenvalue weighted by atomic mass is 32.1. The average Bonchev–Trinajstić information content (AvgIpc) is 2.60. The smallest absolute Gasteiger partial charge is 0.354 e. The second-order valence-electron chi connectivity index (χ2n) is 5.79. The third-order valence-electron chi connectivity index (χ3n) is 3.79. The van der Waals surface area contributed by atoms with Gasteiger partial charge in [-0.1, -0.05) is 12.2 Å². The summed E-state index contributed by atoms with van der Waals surface area (Å²) >= 11 is 9.27. The summed E-state index contributed by atoms with van der Waals surface area (Å²) in [5.41, 5.74) is 0.800. The van der Waals surface area contributed by atoms with Crippen molar-refractivity contribution >= 4 is 35.0 Å². The second kappa shape index (κ2) is 7.37. The van der Waals surface area contributed by atoms with Crippen molar-refractivity contribution in [2.24, 2.45) is 0 Å². The van der Waals surface area contributed by atoms with E-state index in [1.807, 2.05) is 13.8 Å². The van der Waals surface area contributed by atoms with E-state index in [4.69, 9.17) is 21.7 Å². The van der Waals surface area contributed by atoms with Gasteiger partial charge in [0, 0.05) is 29.7 Å². The highest BCUT2D eigenvalue weighted by Crippen LogP contribution is 2.33. The van der Waals surface area contributed by atoms with Crippen molar-refractivity contribution in [3.8, 4) is 11.5 Å². The highest BCUT2D eigenvalue weighted by molar-refractivity contribution is 8.11. The van der Waals surface area contributed by atoms with Gasteiger partial charge in [-0.2, -0.15) is 0 Å². The lowest BCUT2D eigenvalue weighted by molar-refractivity contribution is 0.0689. The number of rotatable bonds is 6. The molecular weight excluding hydrogens is 360 g/mol. The largest absolute Gasteiger partial charge is 0.497 e. The molecule has 0 atom stereocenters. The van der Waals surface area contributed by atoms with Gasteiger partial charge in [-0.25, -0.2) is 9.78 Å². The van der Waals surface area contributed by atoms with Gasteiger partial charge in [0.2, 0.25) is 0 Å². The summed E-state index contributed by atoms with van der Waals surface area (Å²) in [6.07, 6.45) is 0. The normalized spacial score (nSPS) is 11.1. The maximum absolute atomic E-state index is 11.3. The summed E-state index contributed by atoms with van der Waals surface area (Å²) in [7, 11) is 3.02. The van der Waals surface area contributed by atoms with Crippen LogP contribution in [0.2, 0.25) is 0 Å². The van der Waals surface area contributed by atoms with E-state index in [0.717, 1.165) is 0 Å². The highest BCUT2D eigenvalue weighted by Gasteiger charge is 2.29. The molecule has 2 aromatic rings. The van der Waals surface area contributed by atoms with Gasteiger partial charge in [-0.05, 0) is 13.8 Å². The number of carboxylic acids is 1. The van der Waals surface area contributed by atoms with Crippen LogP contribution in [0.1, 0.15) is 41.4 Å². The molecule has 2 aromatic heterocycles. The predicted molar refractivity (Wildman–Crippen MR) is 101 cm³/mol. The second-order valence-corrected chi connectivity index (χ2v) is 6.95. The van der Waals surface area contributed by atoms with Crippen LogP contribution < -0.4 is 9.47 Å². The lowest BCUT2D eigenvalue weighted by Gasteiger charge is -2.25. The molecule has 0 aromatic carbocycles. The molecule has 0 saturated carbocycles. The fourth-order valence-electron chi connectivity index (χ4n) is 2.24. The lowest BCUT2D eigenvalue weighted by Crippen LogP contribution is -2.24. The number of aromatic nitrogens is 2. The van der Waals surface area contributed by atoms with Gasteiger partial charge in [-0.15, -0.1) is 12.6 Å². The van der Waals surface area contributed by atoms with E-state index in [1.54, 1.807) is 25.3 Å². The number of aromatic carboxylic acids is 1. The van der Waals surface area contributed by atoms with Crippen molar-refractivity contribution in [1.82, 2.24) is 9.97 Å². The van der Waals surface area contributed by atoms with E-state index in [9.17, 15) is 9.90 Å². The third kappa shape index (κ3) is 4.08. The van der Waals surface area contributed by atoms with Crippen molar-refractivity contribution in [3.05, 3.63) is 47.0 Å². The van der Waals surface area contributed by atoms with E-state index in [-0.39, 0.29) is 5.69 Å². The zero-order valence-electron chi connectivity index (χ0n) is 14.2. The number of thiol groups is 1. The maximum atomic E-state index is 11.3. The molecule has 0 fully saturated rings. The molecule has 0 amide bonds. The molecule has 0 aliphatic heterocycles. The van der Waals surface area contributed by atoms with Crippen LogP contribution in [0, 0.1) is 0 Å². The van der Waals surface area contributed by atoms with Crippen LogP contribution in [0.4, 0.5) is 0 Å². The standard InChI is InChI=1S/C17H18N2O4S2/c1-17(2,13-7-9(22-3)5-11(18-13)15(20)21)14-8-10(23-4)6-12(19-14)16(24)25/h5-8H,1-4H3,(H,20,21)(H,24,25). The molecule has 0 aliphatic rings. The van der Waals surface area contributed by atoms with Crippen LogP contribution >= 0.6 is 24.8 Å². The Morgan fingerprint density at radius 3 is 1.88 bits per heavy atom. The number of pyridine rings is 2. The Bertz CT molecular complexity index is 770. The van der Waals surface area contributed by atoms with Crippen molar-refractivity contribution in [1.29, 1.82) is 0 Å². The molecule has 1 N–H and O–H groups in total. The summed E-state index contributed by atoms with van der Waals surface area (Å²) in [6, 6.07) is 6.51. The quantitative estimate of drug-likeness (QED) is 0.590. The Kier molecular flexibility index (Phi) is 5.64. The van der Waals surface area contributed by atoms with E-state index in [2.05, 4.69) is 22.6 Å². The molecule has 0 unspecified atom stereocenters. The SMILES string of the molecule is COc1cc(C(=O)O)nc(C(C)(C)c2cc(OC)cc(C(=S)S)n2)c1. The first-order chi connectivity index (χ1) is 11.7. The Morgan fingerprint density at radius 2 is 1.48 bits per heavy atom. The summed E-state index contributed by atoms with van der Waals surface area (Å²) in [6.45, 7) is 3.76. The average molecular weight is 378 g/mol.